The van der Waals surface area contributed by atoms with Gasteiger partial charge in [-0.05, 0) is 31.0 Å². The van der Waals surface area contributed by atoms with E-state index in [0.29, 0.717) is 24.6 Å². The number of guanidine groups is 1. The van der Waals surface area contributed by atoms with Crippen molar-refractivity contribution in [3.8, 4) is 0 Å². The number of aliphatic imine (C=N–C) groups is 1. The van der Waals surface area contributed by atoms with Crippen LogP contribution in [0, 0.1) is 12.7 Å². The van der Waals surface area contributed by atoms with Crippen LogP contribution in [0.25, 0.3) is 0 Å². The molecule has 0 saturated carbocycles. The van der Waals surface area contributed by atoms with Crippen LogP contribution < -0.4 is 10.6 Å². The second kappa shape index (κ2) is 9.77. The van der Waals surface area contributed by atoms with E-state index in [1.54, 1.807) is 19.1 Å². The van der Waals surface area contributed by atoms with Crippen LogP contribution >= 0.6 is 24.0 Å². The smallest absolute Gasteiger partial charge is 0.191 e. The van der Waals surface area contributed by atoms with Gasteiger partial charge in [-0.15, -0.1) is 30.6 Å². The van der Waals surface area contributed by atoms with Gasteiger partial charge in [0.05, 0.1) is 6.54 Å². The number of nitrogens with zero attached hydrogens (tertiary/aromatic N) is 1. The molecule has 0 fully saturated rings. The first-order valence-corrected chi connectivity index (χ1v) is 6.05. The van der Waals surface area contributed by atoms with Gasteiger partial charge in [-0.3, -0.25) is 0 Å². The summed E-state index contributed by atoms with van der Waals surface area (Å²) in [5.74, 6) is 0.519. The highest BCUT2D eigenvalue weighted by molar-refractivity contribution is 14.0. The molecular weight excluding hydrogens is 356 g/mol. The van der Waals surface area contributed by atoms with Crippen LogP contribution in [-0.2, 0) is 6.54 Å². The molecule has 0 heterocycles. The molecule has 0 amide bonds. The van der Waals surface area contributed by atoms with Crippen molar-refractivity contribution in [2.75, 3.05) is 13.1 Å². The molecule has 0 aliphatic heterocycles. The van der Waals surface area contributed by atoms with Gasteiger partial charge in [0.2, 0.25) is 0 Å². The molecule has 19 heavy (non-hydrogen) atoms. The van der Waals surface area contributed by atoms with Gasteiger partial charge < -0.3 is 10.6 Å². The first kappa shape index (κ1) is 17.9. The zero-order valence-corrected chi connectivity index (χ0v) is 13.7. The molecule has 1 rings (SSSR count). The van der Waals surface area contributed by atoms with Gasteiger partial charge in [0, 0.05) is 13.1 Å². The largest absolute Gasteiger partial charge is 0.357 e. The third kappa shape index (κ3) is 6.56. The molecule has 106 valence electrons. The van der Waals surface area contributed by atoms with Crippen molar-refractivity contribution in [2.45, 2.75) is 20.4 Å². The predicted molar refractivity (Wildman–Crippen MR) is 89.6 cm³/mol. The summed E-state index contributed by atoms with van der Waals surface area (Å²) in [4.78, 5) is 4.37. The number of nitrogens with one attached hydrogen (secondary N) is 2. The molecule has 0 bridgehead atoms. The second-order valence-electron chi connectivity index (χ2n) is 3.95. The zero-order chi connectivity index (χ0) is 13.4. The third-order valence-electron chi connectivity index (χ3n) is 2.41. The maximum atomic E-state index is 13.4. The van der Waals surface area contributed by atoms with E-state index in [9.17, 15) is 4.39 Å². The van der Waals surface area contributed by atoms with E-state index < -0.39 is 0 Å². The summed E-state index contributed by atoms with van der Waals surface area (Å²) in [5, 5.41) is 6.20. The topological polar surface area (TPSA) is 36.4 Å². The van der Waals surface area contributed by atoms with Crippen LogP contribution in [0.15, 0.2) is 35.8 Å². The van der Waals surface area contributed by atoms with Crippen LogP contribution in [0.5, 0.6) is 0 Å². The number of hydrogen-bond acceptors (Lipinski definition) is 1. The summed E-state index contributed by atoms with van der Waals surface area (Å²) < 4.78 is 13.4. The molecule has 1 aromatic rings. The molecule has 3 nitrogen and oxygen atoms in total. The number of aryl methyl sites for hydroxylation is 1. The van der Waals surface area contributed by atoms with Crippen molar-refractivity contribution in [2.24, 2.45) is 4.99 Å². The first-order valence-electron chi connectivity index (χ1n) is 6.05. The summed E-state index contributed by atoms with van der Waals surface area (Å²) in [6.45, 7) is 9.26. The van der Waals surface area contributed by atoms with E-state index in [4.69, 9.17) is 0 Å². The molecular formula is C14H21FIN3. The van der Waals surface area contributed by atoms with Crippen molar-refractivity contribution in [1.29, 1.82) is 0 Å². The molecule has 0 aliphatic carbocycles. The Labute approximate surface area is 131 Å². The predicted octanol–water partition coefficient (Wildman–Crippen LogP) is 2.99. The van der Waals surface area contributed by atoms with Crippen molar-refractivity contribution >= 4 is 29.9 Å². The summed E-state index contributed by atoms with van der Waals surface area (Å²) in [5.41, 5.74) is 1.51. The van der Waals surface area contributed by atoms with E-state index in [0.717, 1.165) is 12.1 Å². The lowest BCUT2D eigenvalue weighted by Crippen LogP contribution is -2.37. The van der Waals surface area contributed by atoms with Gasteiger partial charge in [-0.2, -0.15) is 0 Å². The van der Waals surface area contributed by atoms with E-state index in [1.165, 1.54) is 6.07 Å². The van der Waals surface area contributed by atoms with Gasteiger partial charge in [-0.1, -0.05) is 18.2 Å². The van der Waals surface area contributed by atoms with Crippen molar-refractivity contribution in [3.05, 3.63) is 47.8 Å². The third-order valence-corrected chi connectivity index (χ3v) is 2.41. The van der Waals surface area contributed by atoms with Gasteiger partial charge in [0.15, 0.2) is 5.96 Å². The Kier molecular flexibility index (Phi) is 9.20. The number of rotatable bonds is 5. The molecule has 0 radical (unpaired) electrons. The molecule has 2 N–H and O–H groups in total. The van der Waals surface area contributed by atoms with Gasteiger partial charge >= 0.3 is 0 Å². The van der Waals surface area contributed by atoms with Crippen LogP contribution in [0.1, 0.15) is 18.1 Å². The Morgan fingerprint density at radius 2 is 2.16 bits per heavy atom. The Morgan fingerprint density at radius 1 is 1.42 bits per heavy atom. The summed E-state index contributed by atoms with van der Waals surface area (Å²) >= 11 is 0. The van der Waals surface area contributed by atoms with E-state index in [-0.39, 0.29) is 29.8 Å². The highest BCUT2D eigenvalue weighted by atomic mass is 127. The molecule has 0 aromatic heterocycles. The van der Waals surface area contributed by atoms with Crippen molar-refractivity contribution in [1.82, 2.24) is 10.6 Å². The normalized spacial score (nSPS) is 10.6. The SMILES string of the molecule is C=CCNC(=NCc1ccc(C)c(F)c1)NCC.I. The van der Waals surface area contributed by atoms with Gasteiger partial charge in [0.1, 0.15) is 5.82 Å². The average Bonchev–Trinajstić information content (AvgIpc) is 2.37. The van der Waals surface area contributed by atoms with Gasteiger partial charge in [0.25, 0.3) is 0 Å². The fraction of sp³-hybridized carbons (Fsp3) is 0.357. The quantitative estimate of drug-likeness (QED) is 0.358. The zero-order valence-electron chi connectivity index (χ0n) is 11.4. The van der Waals surface area contributed by atoms with E-state index in [1.807, 2.05) is 13.0 Å². The molecule has 0 saturated heterocycles. The molecule has 0 spiro atoms. The maximum Gasteiger partial charge on any atom is 0.191 e. The minimum Gasteiger partial charge on any atom is -0.357 e. The molecule has 0 atom stereocenters. The summed E-state index contributed by atoms with van der Waals surface area (Å²) in [7, 11) is 0. The fourth-order valence-electron chi connectivity index (χ4n) is 1.42. The number of halogens is 2. The van der Waals surface area contributed by atoms with E-state index >= 15 is 0 Å². The maximum absolute atomic E-state index is 13.4. The van der Waals surface area contributed by atoms with E-state index in [2.05, 4.69) is 22.2 Å². The standard InChI is InChI=1S/C14H20FN3.HI/c1-4-8-17-14(16-5-2)18-10-12-7-6-11(3)13(15)9-12;/h4,6-7,9H,1,5,8,10H2,2-3H3,(H2,16,17,18);1H. The highest BCUT2D eigenvalue weighted by Crippen LogP contribution is 2.09. The molecule has 1 aromatic carbocycles. The first-order chi connectivity index (χ1) is 8.67. The Bertz CT molecular complexity index is 433. The second-order valence-corrected chi connectivity index (χ2v) is 3.95. The average molecular weight is 377 g/mol. The van der Waals surface area contributed by atoms with Crippen LogP contribution in [-0.4, -0.2) is 19.0 Å². The van der Waals surface area contributed by atoms with Crippen LogP contribution in [0.2, 0.25) is 0 Å². The van der Waals surface area contributed by atoms with Crippen LogP contribution in [0.4, 0.5) is 4.39 Å². The Hall–Kier alpha value is -1.11. The lowest BCUT2D eigenvalue weighted by atomic mass is 10.1. The lowest BCUT2D eigenvalue weighted by molar-refractivity contribution is 0.616. The van der Waals surface area contributed by atoms with Crippen molar-refractivity contribution in [3.63, 3.8) is 0 Å². The molecule has 0 unspecified atom stereocenters. The van der Waals surface area contributed by atoms with Crippen LogP contribution in [0.3, 0.4) is 0 Å². The fourth-order valence-corrected chi connectivity index (χ4v) is 1.42. The minimum atomic E-state index is -0.188. The molecule has 0 aliphatic rings. The van der Waals surface area contributed by atoms with Crippen molar-refractivity contribution < 1.29 is 4.39 Å². The number of benzene rings is 1. The molecule has 5 heteroatoms. The number of hydrogen-bond donors (Lipinski definition) is 2. The minimum absolute atomic E-state index is 0. The highest BCUT2D eigenvalue weighted by Gasteiger charge is 2.00. The Balaban J connectivity index is 0.00000324. The van der Waals surface area contributed by atoms with Gasteiger partial charge in [-0.25, -0.2) is 9.38 Å². The Morgan fingerprint density at radius 3 is 2.74 bits per heavy atom. The summed E-state index contributed by atoms with van der Waals surface area (Å²) in [6, 6.07) is 5.18. The summed E-state index contributed by atoms with van der Waals surface area (Å²) in [6.07, 6.45) is 1.76. The monoisotopic (exact) mass is 377 g/mol. The lowest BCUT2D eigenvalue weighted by Gasteiger charge is -2.09.